The van der Waals surface area contributed by atoms with E-state index in [2.05, 4.69) is 10.3 Å². The minimum Gasteiger partial charge on any atom is -0.306 e. The maximum atomic E-state index is 12.6. The monoisotopic (exact) mass is 394 g/mol. The first-order valence-electron chi connectivity index (χ1n) is 8.25. The summed E-state index contributed by atoms with van der Waals surface area (Å²) in [6, 6.07) is 16.9. The number of halogens is 1. The molecule has 7 heteroatoms. The fraction of sp³-hybridized carbons (Fsp3) is 0.0500. The Morgan fingerprint density at radius 3 is 2.63 bits per heavy atom. The number of hydrogen-bond acceptors (Lipinski definition) is 4. The molecule has 1 amide bonds. The Hall–Kier alpha value is -2.96. The molecule has 5 nitrogen and oxygen atoms in total. The van der Waals surface area contributed by atoms with Crippen molar-refractivity contribution in [3.05, 3.63) is 82.6 Å². The predicted octanol–water partition coefficient (Wildman–Crippen LogP) is 5.21. The Kier molecular flexibility index (Phi) is 4.75. The van der Waals surface area contributed by atoms with Crippen LogP contribution in [0, 0.1) is 6.92 Å². The van der Waals surface area contributed by atoms with Gasteiger partial charge in [-0.15, -0.1) is 11.3 Å². The van der Waals surface area contributed by atoms with Gasteiger partial charge >= 0.3 is 0 Å². The standard InChI is InChI=1S/C20H15ClN4OS/c1-13-22-11-18(24-19(26)15-9-5-6-10-16(15)21)25(13)20-23-17(12-27-20)14-7-3-2-4-8-14/h2-12H,1H3,(H,24,26). The van der Waals surface area contributed by atoms with Crippen LogP contribution in [0.4, 0.5) is 5.82 Å². The Balaban J connectivity index is 1.66. The minimum atomic E-state index is -0.290. The van der Waals surface area contributed by atoms with Gasteiger partial charge in [-0.2, -0.15) is 0 Å². The summed E-state index contributed by atoms with van der Waals surface area (Å²) in [4.78, 5) is 21.6. The largest absolute Gasteiger partial charge is 0.306 e. The van der Waals surface area contributed by atoms with Gasteiger partial charge in [-0.3, -0.25) is 9.36 Å². The van der Waals surface area contributed by atoms with Crippen molar-refractivity contribution in [3.63, 3.8) is 0 Å². The highest BCUT2D eigenvalue weighted by atomic mass is 35.5. The van der Waals surface area contributed by atoms with Crippen LogP contribution in [-0.4, -0.2) is 20.4 Å². The molecular formula is C20H15ClN4OS. The lowest BCUT2D eigenvalue weighted by molar-refractivity contribution is 0.102. The molecule has 0 unspecified atom stereocenters. The van der Waals surface area contributed by atoms with Crippen molar-refractivity contribution in [1.29, 1.82) is 0 Å². The van der Waals surface area contributed by atoms with Crippen molar-refractivity contribution in [1.82, 2.24) is 14.5 Å². The van der Waals surface area contributed by atoms with E-state index in [9.17, 15) is 4.79 Å². The highest BCUT2D eigenvalue weighted by molar-refractivity contribution is 7.12. The molecule has 1 N–H and O–H groups in total. The first-order valence-corrected chi connectivity index (χ1v) is 9.51. The molecule has 4 rings (SSSR count). The van der Waals surface area contributed by atoms with Crippen molar-refractivity contribution in [2.24, 2.45) is 0 Å². The van der Waals surface area contributed by atoms with Gasteiger partial charge in [0.15, 0.2) is 5.13 Å². The molecule has 0 saturated heterocycles. The van der Waals surface area contributed by atoms with Crippen LogP contribution < -0.4 is 5.32 Å². The second kappa shape index (κ2) is 7.34. The van der Waals surface area contributed by atoms with Gasteiger partial charge in [-0.25, -0.2) is 9.97 Å². The third-order valence-electron chi connectivity index (χ3n) is 4.05. The van der Waals surface area contributed by atoms with E-state index in [0.29, 0.717) is 16.4 Å². The Morgan fingerprint density at radius 2 is 1.85 bits per heavy atom. The molecule has 2 aromatic carbocycles. The molecule has 0 fully saturated rings. The van der Waals surface area contributed by atoms with Crippen molar-refractivity contribution in [2.45, 2.75) is 6.92 Å². The lowest BCUT2D eigenvalue weighted by Crippen LogP contribution is -2.15. The minimum absolute atomic E-state index is 0.290. The van der Waals surface area contributed by atoms with Gasteiger partial charge in [0.25, 0.3) is 5.91 Å². The maximum absolute atomic E-state index is 12.6. The molecule has 0 atom stereocenters. The van der Waals surface area contributed by atoms with Crippen molar-refractivity contribution in [2.75, 3.05) is 5.32 Å². The number of carbonyl (C=O) groups excluding carboxylic acids is 1. The number of anilines is 1. The number of imidazole rings is 1. The van der Waals surface area contributed by atoms with E-state index < -0.39 is 0 Å². The summed E-state index contributed by atoms with van der Waals surface area (Å²) >= 11 is 7.62. The first kappa shape index (κ1) is 17.5. The molecule has 0 aliphatic carbocycles. The average Bonchev–Trinajstić information content (AvgIpc) is 3.29. The molecule has 2 heterocycles. The van der Waals surface area contributed by atoms with Crippen LogP contribution in [0.15, 0.2) is 66.2 Å². The lowest BCUT2D eigenvalue weighted by Gasteiger charge is -2.09. The predicted molar refractivity (Wildman–Crippen MR) is 109 cm³/mol. The van der Waals surface area contributed by atoms with Crippen LogP contribution in [0.5, 0.6) is 0 Å². The van der Waals surface area contributed by atoms with Crippen molar-refractivity contribution in [3.8, 4) is 16.4 Å². The van der Waals surface area contributed by atoms with Crippen LogP contribution in [0.2, 0.25) is 5.02 Å². The molecule has 134 valence electrons. The Labute approximate surface area is 165 Å². The number of aromatic nitrogens is 3. The van der Waals surface area contributed by atoms with Gasteiger partial charge < -0.3 is 5.32 Å². The molecule has 0 aliphatic heterocycles. The zero-order valence-corrected chi connectivity index (χ0v) is 16.0. The summed E-state index contributed by atoms with van der Waals surface area (Å²) in [5.74, 6) is 0.992. The second-order valence-corrected chi connectivity index (χ2v) is 7.09. The lowest BCUT2D eigenvalue weighted by atomic mass is 10.2. The van der Waals surface area contributed by atoms with Gasteiger partial charge in [0, 0.05) is 10.9 Å². The summed E-state index contributed by atoms with van der Waals surface area (Å²) in [5.41, 5.74) is 2.33. The van der Waals surface area contributed by atoms with E-state index in [1.165, 1.54) is 11.3 Å². The number of aryl methyl sites for hydroxylation is 1. The second-order valence-electron chi connectivity index (χ2n) is 5.84. The molecule has 27 heavy (non-hydrogen) atoms. The number of thiazole rings is 1. The topological polar surface area (TPSA) is 59.8 Å². The zero-order valence-electron chi connectivity index (χ0n) is 14.4. The number of hydrogen-bond donors (Lipinski definition) is 1. The van der Waals surface area contributed by atoms with E-state index in [-0.39, 0.29) is 5.91 Å². The SMILES string of the molecule is Cc1ncc(NC(=O)c2ccccc2Cl)n1-c1nc(-c2ccccc2)cs1. The number of nitrogens with zero attached hydrogens (tertiary/aromatic N) is 3. The van der Waals surface area contributed by atoms with Gasteiger partial charge in [0.05, 0.1) is 22.5 Å². The Morgan fingerprint density at radius 1 is 1.11 bits per heavy atom. The molecule has 0 aliphatic rings. The number of rotatable bonds is 4. The maximum Gasteiger partial charge on any atom is 0.258 e. The highest BCUT2D eigenvalue weighted by Gasteiger charge is 2.17. The van der Waals surface area contributed by atoms with Crippen LogP contribution >= 0.6 is 22.9 Å². The fourth-order valence-electron chi connectivity index (χ4n) is 2.71. The summed E-state index contributed by atoms with van der Waals surface area (Å²) in [5, 5.41) is 6.01. The molecule has 0 bridgehead atoms. The summed E-state index contributed by atoms with van der Waals surface area (Å²) in [6.45, 7) is 1.87. The normalized spacial score (nSPS) is 10.7. The zero-order chi connectivity index (χ0) is 18.8. The van der Waals surface area contributed by atoms with Crippen LogP contribution in [0.1, 0.15) is 16.2 Å². The quantitative estimate of drug-likeness (QED) is 0.516. The molecular weight excluding hydrogens is 380 g/mol. The summed E-state index contributed by atoms with van der Waals surface area (Å²) < 4.78 is 1.83. The number of benzene rings is 2. The Bertz CT molecular complexity index is 1100. The van der Waals surface area contributed by atoms with Crippen molar-refractivity contribution >= 4 is 34.7 Å². The number of amides is 1. The fourth-order valence-corrected chi connectivity index (χ4v) is 3.83. The highest BCUT2D eigenvalue weighted by Crippen LogP contribution is 2.27. The van der Waals surface area contributed by atoms with E-state index in [0.717, 1.165) is 22.2 Å². The average molecular weight is 395 g/mol. The van der Waals surface area contributed by atoms with E-state index >= 15 is 0 Å². The molecule has 0 spiro atoms. The van der Waals surface area contributed by atoms with Crippen LogP contribution in [-0.2, 0) is 0 Å². The van der Waals surface area contributed by atoms with Gasteiger partial charge in [0.1, 0.15) is 11.6 Å². The number of carbonyl (C=O) groups is 1. The van der Waals surface area contributed by atoms with Gasteiger partial charge in [0.2, 0.25) is 0 Å². The third-order valence-corrected chi connectivity index (χ3v) is 5.21. The molecule has 0 radical (unpaired) electrons. The number of nitrogens with one attached hydrogen (secondary N) is 1. The molecule has 0 saturated carbocycles. The van der Waals surface area contributed by atoms with E-state index in [1.807, 2.05) is 47.2 Å². The molecule has 2 aromatic heterocycles. The van der Waals surface area contributed by atoms with E-state index in [4.69, 9.17) is 16.6 Å². The molecule has 4 aromatic rings. The van der Waals surface area contributed by atoms with Crippen LogP contribution in [0.25, 0.3) is 16.4 Å². The first-order chi connectivity index (χ1) is 13.1. The summed E-state index contributed by atoms with van der Waals surface area (Å²) in [6.07, 6.45) is 1.62. The van der Waals surface area contributed by atoms with E-state index in [1.54, 1.807) is 30.5 Å². The smallest absolute Gasteiger partial charge is 0.258 e. The van der Waals surface area contributed by atoms with Gasteiger partial charge in [-0.1, -0.05) is 54.1 Å². The van der Waals surface area contributed by atoms with Gasteiger partial charge in [-0.05, 0) is 19.1 Å². The van der Waals surface area contributed by atoms with Crippen LogP contribution in [0.3, 0.4) is 0 Å². The summed E-state index contributed by atoms with van der Waals surface area (Å²) in [7, 11) is 0. The third kappa shape index (κ3) is 3.49. The van der Waals surface area contributed by atoms with Crippen molar-refractivity contribution < 1.29 is 4.79 Å².